The van der Waals surface area contributed by atoms with Gasteiger partial charge >= 0.3 is 0 Å². The number of aliphatic hydroxyl groups is 1. The van der Waals surface area contributed by atoms with Gasteiger partial charge in [0.05, 0.1) is 27.2 Å². The van der Waals surface area contributed by atoms with Crippen molar-refractivity contribution in [3.05, 3.63) is 117 Å². The number of anilines is 2. The highest BCUT2D eigenvalue weighted by Crippen LogP contribution is 2.43. The molecule has 60 heavy (non-hydrogen) atoms. The molecule has 16 heteroatoms. The number of H-pyrrole nitrogens is 1. The molecule has 1 aliphatic heterocycles. The molecule has 0 unspecified atom stereocenters. The standard InChI is InChI=1S/C44H50ClN7O7S/c1-43(2)15-13-31(37(26-43)29-5-7-32(45)8-6-29)28-50-19-21-51(22-20-50)33-9-11-36(40(24-33)59-34-23-30-14-17-47-41(30)48-27-34)42(53)49-60(57,58)35-10-12-38(39(25-35)52(55)56)46-18-16-44(3,4)54/h5-12,14,17,23-25,27,46,54H,13,15-16,18-22,26,28H2,1-4H3,(H,47,48)(H,49,53). The Bertz CT molecular complexity index is 2540. The number of amides is 1. The van der Waals surface area contributed by atoms with Crippen molar-refractivity contribution in [1.29, 1.82) is 0 Å². The average Bonchev–Trinajstić information content (AvgIpc) is 3.66. The molecule has 3 aromatic carbocycles. The first-order valence-corrected chi connectivity index (χ1v) is 21.8. The zero-order valence-electron chi connectivity index (χ0n) is 34.1. The number of carbonyl (C=O) groups excluding carboxylic acids is 1. The van der Waals surface area contributed by atoms with Crippen molar-refractivity contribution in [2.24, 2.45) is 5.41 Å². The monoisotopic (exact) mass is 855 g/mol. The summed E-state index contributed by atoms with van der Waals surface area (Å²) in [7, 11) is -4.58. The van der Waals surface area contributed by atoms with E-state index in [4.69, 9.17) is 16.3 Å². The number of aromatic amines is 1. The van der Waals surface area contributed by atoms with Gasteiger partial charge in [-0.15, -0.1) is 0 Å². The van der Waals surface area contributed by atoms with Crippen LogP contribution in [0.15, 0.2) is 95.7 Å². The molecule has 2 aromatic heterocycles. The van der Waals surface area contributed by atoms with Gasteiger partial charge in [0, 0.05) is 73.7 Å². The molecular formula is C44H50ClN7O7S. The van der Waals surface area contributed by atoms with E-state index in [9.17, 15) is 28.4 Å². The maximum Gasteiger partial charge on any atom is 0.293 e. The Morgan fingerprint density at radius 3 is 2.52 bits per heavy atom. The Kier molecular flexibility index (Phi) is 12.3. The number of rotatable bonds is 14. The summed E-state index contributed by atoms with van der Waals surface area (Å²) in [6.45, 7) is 12.0. The summed E-state index contributed by atoms with van der Waals surface area (Å²) in [5.74, 6) is -0.531. The molecule has 3 heterocycles. The molecule has 0 radical (unpaired) electrons. The topological polar surface area (TPSA) is 183 Å². The average molecular weight is 856 g/mol. The molecule has 5 aromatic rings. The number of hydrogen-bond donors (Lipinski definition) is 4. The van der Waals surface area contributed by atoms with E-state index in [-0.39, 0.29) is 29.0 Å². The van der Waals surface area contributed by atoms with Crippen molar-refractivity contribution >= 4 is 61.2 Å². The van der Waals surface area contributed by atoms with Crippen LogP contribution < -0.4 is 19.7 Å². The Balaban J connectivity index is 1.10. The normalized spacial score (nSPS) is 16.2. The van der Waals surface area contributed by atoms with Crippen LogP contribution in [0, 0.1) is 15.5 Å². The number of nitrogens with one attached hydrogen (secondary N) is 3. The van der Waals surface area contributed by atoms with E-state index >= 15 is 0 Å². The molecule has 0 spiro atoms. The van der Waals surface area contributed by atoms with Gasteiger partial charge in [-0.2, -0.15) is 0 Å². The first-order valence-electron chi connectivity index (χ1n) is 19.9. The highest BCUT2D eigenvalue weighted by molar-refractivity contribution is 7.90. The summed E-state index contributed by atoms with van der Waals surface area (Å²) >= 11 is 6.23. The summed E-state index contributed by atoms with van der Waals surface area (Å²) in [4.78, 5) is 36.8. The van der Waals surface area contributed by atoms with Crippen LogP contribution >= 0.6 is 11.6 Å². The number of piperazine rings is 1. The molecule has 1 saturated heterocycles. The van der Waals surface area contributed by atoms with Gasteiger partial charge in [0.2, 0.25) is 0 Å². The summed E-state index contributed by atoms with van der Waals surface area (Å²) in [6, 6.07) is 20.1. The molecule has 4 N–H and O–H groups in total. The molecule has 2 aliphatic rings. The number of benzene rings is 3. The van der Waals surface area contributed by atoms with E-state index in [0.29, 0.717) is 30.9 Å². The van der Waals surface area contributed by atoms with E-state index < -0.39 is 37.0 Å². The summed E-state index contributed by atoms with van der Waals surface area (Å²) in [5.41, 5.74) is 4.27. The number of nitro benzene ring substituents is 1. The highest BCUT2D eigenvalue weighted by atomic mass is 35.5. The third-order valence-electron chi connectivity index (χ3n) is 11.1. The maximum absolute atomic E-state index is 13.9. The molecule has 1 fully saturated rings. The lowest BCUT2D eigenvalue weighted by atomic mass is 9.72. The minimum atomic E-state index is -4.58. The number of ether oxygens (including phenoxy) is 1. The second kappa shape index (κ2) is 17.2. The Hall–Kier alpha value is -5.48. The van der Waals surface area contributed by atoms with Gasteiger partial charge in [-0.05, 0) is 105 Å². The van der Waals surface area contributed by atoms with Gasteiger partial charge in [-0.3, -0.25) is 19.8 Å². The molecule has 0 bridgehead atoms. The summed E-state index contributed by atoms with van der Waals surface area (Å²) < 4.78 is 35.5. The van der Waals surface area contributed by atoms with Crippen LogP contribution in [0.4, 0.5) is 17.1 Å². The maximum atomic E-state index is 13.9. The smallest absolute Gasteiger partial charge is 0.293 e. The van der Waals surface area contributed by atoms with E-state index in [2.05, 4.69) is 55.8 Å². The number of allylic oxidation sites excluding steroid dienone is 1. The van der Waals surface area contributed by atoms with Crippen LogP contribution in [0.2, 0.25) is 5.02 Å². The van der Waals surface area contributed by atoms with Crippen molar-refractivity contribution in [2.75, 3.05) is 49.5 Å². The fourth-order valence-corrected chi connectivity index (χ4v) is 8.81. The predicted molar refractivity (Wildman–Crippen MR) is 234 cm³/mol. The lowest BCUT2D eigenvalue weighted by Crippen LogP contribution is -2.47. The molecule has 7 rings (SSSR count). The number of sulfonamides is 1. The molecule has 14 nitrogen and oxygen atoms in total. The number of fused-ring (bicyclic) bond motifs is 1. The quantitative estimate of drug-likeness (QED) is 0.0622. The minimum Gasteiger partial charge on any atom is -0.455 e. The zero-order chi connectivity index (χ0) is 42.8. The SMILES string of the molecule is CC(C)(O)CCNc1ccc(S(=O)(=O)NC(=O)c2ccc(N3CCN(CC4=C(c5ccc(Cl)cc5)CC(C)(C)CC4)CC3)cc2Oc2cnc3[nH]ccc3c2)cc1[N+](=O)[O-]. The highest BCUT2D eigenvalue weighted by Gasteiger charge is 2.30. The van der Waals surface area contributed by atoms with E-state index in [1.54, 1.807) is 38.2 Å². The Morgan fingerprint density at radius 1 is 1.05 bits per heavy atom. The van der Waals surface area contributed by atoms with Crippen molar-refractivity contribution < 1.29 is 28.0 Å². The second-order valence-electron chi connectivity index (χ2n) is 16.9. The van der Waals surface area contributed by atoms with Crippen LogP contribution in [-0.4, -0.2) is 84.1 Å². The number of nitrogens with zero attached hydrogens (tertiary/aromatic N) is 4. The van der Waals surface area contributed by atoms with Gasteiger partial charge in [0.25, 0.3) is 21.6 Å². The van der Waals surface area contributed by atoms with E-state index in [1.165, 1.54) is 41.1 Å². The number of nitro groups is 1. The van der Waals surface area contributed by atoms with E-state index in [1.807, 2.05) is 18.2 Å². The minimum absolute atomic E-state index is 0.0589. The van der Waals surface area contributed by atoms with Gasteiger partial charge in [-0.1, -0.05) is 43.2 Å². The van der Waals surface area contributed by atoms with Crippen LogP contribution in [0.25, 0.3) is 16.6 Å². The van der Waals surface area contributed by atoms with Crippen molar-refractivity contribution in [3.8, 4) is 11.5 Å². The van der Waals surface area contributed by atoms with Crippen molar-refractivity contribution in [3.63, 3.8) is 0 Å². The number of carbonyl (C=O) groups is 1. The van der Waals surface area contributed by atoms with Gasteiger partial charge in [-0.25, -0.2) is 18.1 Å². The molecule has 0 saturated carbocycles. The summed E-state index contributed by atoms with van der Waals surface area (Å²) in [6.07, 6.45) is 6.73. The third kappa shape index (κ3) is 10.3. The van der Waals surface area contributed by atoms with Gasteiger partial charge in [0.1, 0.15) is 22.8 Å². The van der Waals surface area contributed by atoms with Gasteiger partial charge < -0.3 is 25.0 Å². The van der Waals surface area contributed by atoms with Crippen molar-refractivity contribution in [2.45, 2.75) is 63.9 Å². The first kappa shape index (κ1) is 42.6. The Labute approximate surface area is 354 Å². The van der Waals surface area contributed by atoms with E-state index in [0.717, 1.165) is 61.1 Å². The fourth-order valence-electron chi connectivity index (χ4n) is 7.70. The Morgan fingerprint density at radius 2 is 1.80 bits per heavy atom. The lowest BCUT2D eigenvalue weighted by molar-refractivity contribution is -0.384. The lowest BCUT2D eigenvalue weighted by Gasteiger charge is -2.39. The van der Waals surface area contributed by atoms with Crippen LogP contribution in [0.1, 0.15) is 69.3 Å². The third-order valence-corrected chi connectivity index (χ3v) is 12.7. The van der Waals surface area contributed by atoms with Gasteiger partial charge in [0.15, 0.2) is 0 Å². The zero-order valence-corrected chi connectivity index (χ0v) is 35.7. The van der Waals surface area contributed by atoms with Crippen LogP contribution in [0.3, 0.4) is 0 Å². The molecule has 1 amide bonds. The van der Waals surface area contributed by atoms with Crippen LogP contribution in [0.5, 0.6) is 11.5 Å². The summed E-state index contributed by atoms with van der Waals surface area (Å²) in [5, 5.41) is 26.4. The first-order chi connectivity index (χ1) is 28.4. The predicted octanol–water partition coefficient (Wildman–Crippen LogP) is 8.39. The molecular weight excluding hydrogens is 806 g/mol. The molecule has 0 atom stereocenters. The van der Waals surface area contributed by atoms with Crippen LogP contribution in [-0.2, 0) is 10.0 Å². The molecule has 1 aliphatic carbocycles. The fraction of sp³-hybridized carbons (Fsp3) is 0.364. The molecule has 316 valence electrons. The second-order valence-corrected chi connectivity index (χ2v) is 19.0. The number of halogens is 1. The number of pyridine rings is 1. The largest absolute Gasteiger partial charge is 0.455 e. The van der Waals surface area contributed by atoms with Crippen molar-refractivity contribution in [1.82, 2.24) is 19.6 Å². The number of hydrogen-bond acceptors (Lipinski definition) is 11. The number of aromatic nitrogens is 2.